The van der Waals surface area contributed by atoms with Crippen LogP contribution in [0.15, 0.2) is 12.1 Å². The molecule has 1 rings (SSSR count). The van der Waals surface area contributed by atoms with Crippen LogP contribution in [0.5, 0.6) is 0 Å². The quantitative estimate of drug-likeness (QED) is 0.527. The van der Waals surface area contributed by atoms with Gasteiger partial charge in [-0.15, -0.1) is 0 Å². The molecule has 0 spiro atoms. The molecule has 0 aliphatic carbocycles. The zero-order valence-corrected chi connectivity index (χ0v) is 10.3. The number of carbonyl (C=O) groups excluding carboxylic acids is 2. The molecule has 1 saturated heterocycles. The van der Waals surface area contributed by atoms with E-state index in [1.807, 2.05) is 6.07 Å². The molecule has 6 nitrogen and oxygen atoms in total. The molecule has 1 aliphatic heterocycles. The summed E-state index contributed by atoms with van der Waals surface area (Å²) in [5.41, 5.74) is 0. The molecule has 1 heterocycles. The zero-order valence-electron chi connectivity index (χ0n) is 10.3. The number of hydrogen-bond donors (Lipinski definition) is 0. The first kappa shape index (κ1) is 14.3. The number of unbranched alkanes of at least 4 members (excludes halogenated alkanes) is 2. The number of allylic oxidation sites excluding steroid dienone is 1. The van der Waals surface area contributed by atoms with Gasteiger partial charge in [0, 0.05) is 6.42 Å². The van der Waals surface area contributed by atoms with Crippen molar-refractivity contribution < 1.29 is 18.9 Å². The summed E-state index contributed by atoms with van der Waals surface area (Å²) >= 11 is 0. The smallest absolute Gasteiger partial charge is 0.495 e. The van der Waals surface area contributed by atoms with E-state index in [9.17, 15) is 9.59 Å². The average molecular weight is 250 g/mol. The lowest BCUT2D eigenvalue weighted by Crippen LogP contribution is -2.41. The third-order valence-electron chi connectivity index (χ3n) is 2.25. The second kappa shape index (κ2) is 7.51. The molecular formula is C11H15BN2O4. The summed E-state index contributed by atoms with van der Waals surface area (Å²) in [6.45, 7) is 0.127. The minimum Gasteiger partial charge on any atom is -0.495 e. The highest BCUT2D eigenvalue weighted by Gasteiger charge is 2.28. The molecule has 0 aromatic carbocycles. The number of nitriles is 1. The van der Waals surface area contributed by atoms with E-state index < -0.39 is 19.1 Å². The van der Waals surface area contributed by atoms with Crippen molar-refractivity contribution >= 4 is 19.1 Å². The summed E-state index contributed by atoms with van der Waals surface area (Å²) in [5, 5.41) is 8.36. The molecule has 0 aromatic rings. The van der Waals surface area contributed by atoms with Gasteiger partial charge in [0.15, 0.2) is 0 Å². The second-order valence-corrected chi connectivity index (χ2v) is 4.00. The van der Waals surface area contributed by atoms with Crippen LogP contribution in [-0.4, -0.2) is 44.1 Å². The fraction of sp³-hybridized carbons (Fsp3) is 0.545. The number of rotatable bonds is 4. The lowest BCUT2D eigenvalue weighted by atomic mass is 9.88. The highest BCUT2D eigenvalue weighted by molar-refractivity contribution is 6.54. The Balaban J connectivity index is 2.45. The van der Waals surface area contributed by atoms with Gasteiger partial charge in [0.05, 0.1) is 19.2 Å². The van der Waals surface area contributed by atoms with Gasteiger partial charge in [0.25, 0.3) is 0 Å². The molecule has 18 heavy (non-hydrogen) atoms. The van der Waals surface area contributed by atoms with Crippen molar-refractivity contribution in [2.24, 2.45) is 0 Å². The molecule has 0 amide bonds. The van der Waals surface area contributed by atoms with E-state index in [0.717, 1.165) is 6.42 Å². The van der Waals surface area contributed by atoms with E-state index in [4.69, 9.17) is 14.6 Å². The summed E-state index contributed by atoms with van der Waals surface area (Å²) in [4.78, 5) is 24.3. The van der Waals surface area contributed by atoms with Crippen molar-refractivity contribution in [2.45, 2.75) is 19.3 Å². The van der Waals surface area contributed by atoms with Gasteiger partial charge in [-0.25, -0.2) is 0 Å². The molecule has 0 N–H and O–H groups in total. The van der Waals surface area contributed by atoms with E-state index in [1.165, 1.54) is 10.9 Å². The minimum atomic E-state index is -0.958. The molecule has 1 fully saturated rings. The van der Waals surface area contributed by atoms with Crippen LogP contribution in [-0.2, 0) is 18.9 Å². The van der Waals surface area contributed by atoms with Crippen molar-refractivity contribution in [3.63, 3.8) is 0 Å². The summed E-state index contributed by atoms with van der Waals surface area (Å²) in [6, 6.07) is 2.03. The Morgan fingerprint density at radius 2 is 2.00 bits per heavy atom. The molecule has 0 aromatic heterocycles. The van der Waals surface area contributed by atoms with Crippen molar-refractivity contribution in [1.29, 1.82) is 5.26 Å². The van der Waals surface area contributed by atoms with Crippen molar-refractivity contribution in [1.82, 2.24) is 4.90 Å². The van der Waals surface area contributed by atoms with Crippen LogP contribution in [0.2, 0.25) is 0 Å². The van der Waals surface area contributed by atoms with Gasteiger partial charge in [0.1, 0.15) is 0 Å². The summed E-state index contributed by atoms with van der Waals surface area (Å²) in [7, 11) is 0.682. The predicted octanol–water partition coefficient (Wildman–Crippen LogP) is 0.296. The molecule has 0 bridgehead atoms. The Kier molecular flexibility index (Phi) is 5.95. The summed E-state index contributed by atoms with van der Waals surface area (Å²) < 4.78 is 9.93. The van der Waals surface area contributed by atoms with Crippen LogP contribution in [0.3, 0.4) is 0 Å². The predicted molar refractivity (Wildman–Crippen MR) is 64.0 cm³/mol. The Bertz CT molecular complexity index is 358. The molecular weight excluding hydrogens is 235 g/mol. The van der Waals surface area contributed by atoms with Gasteiger partial charge in [-0.2, -0.15) is 5.26 Å². The molecule has 96 valence electrons. The molecule has 1 aliphatic rings. The van der Waals surface area contributed by atoms with Gasteiger partial charge in [-0.05, 0) is 25.9 Å². The Morgan fingerprint density at radius 3 is 2.56 bits per heavy atom. The largest absolute Gasteiger partial charge is 0.628 e. The minimum absolute atomic E-state index is 0.0634. The second-order valence-electron chi connectivity index (χ2n) is 4.00. The van der Waals surface area contributed by atoms with Crippen LogP contribution in [0.25, 0.3) is 0 Å². The normalized spacial score (nSPS) is 17.9. The van der Waals surface area contributed by atoms with E-state index in [0.29, 0.717) is 12.8 Å². The topological polar surface area (TPSA) is 79.6 Å². The molecule has 0 radical (unpaired) electrons. The number of nitrogens with zero attached hydrogens (tertiary/aromatic N) is 2. The van der Waals surface area contributed by atoms with Crippen LogP contribution in [0.1, 0.15) is 19.3 Å². The Labute approximate surface area is 106 Å². The number of carbonyl (C=O) groups is 2. The average Bonchev–Trinajstić information content (AvgIpc) is 2.26. The van der Waals surface area contributed by atoms with Crippen molar-refractivity contribution in [2.75, 3.05) is 20.1 Å². The Hall–Kier alpha value is -1.81. The first-order chi connectivity index (χ1) is 8.61. The fourth-order valence-electron chi connectivity index (χ4n) is 1.44. The van der Waals surface area contributed by atoms with Gasteiger partial charge in [-0.3, -0.25) is 14.5 Å². The van der Waals surface area contributed by atoms with Crippen LogP contribution in [0, 0.1) is 11.3 Å². The van der Waals surface area contributed by atoms with E-state index in [1.54, 1.807) is 13.1 Å². The Morgan fingerprint density at radius 1 is 1.39 bits per heavy atom. The van der Waals surface area contributed by atoms with Gasteiger partial charge in [-0.1, -0.05) is 6.08 Å². The maximum atomic E-state index is 11.4. The van der Waals surface area contributed by atoms with Crippen molar-refractivity contribution in [3.8, 4) is 6.07 Å². The van der Waals surface area contributed by atoms with Crippen LogP contribution < -0.4 is 0 Å². The fourth-order valence-corrected chi connectivity index (χ4v) is 1.44. The van der Waals surface area contributed by atoms with Gasteiger partial charge in [0.2, 0.25) is 0 Å². The first-order valence-electron chi connectivity index (χ1n) is 5.73. The van der Waals surface area contributed by atoms with Crippen LogP contribution >= 0.6 is 0 Å². The monoisotopic (exact) mass is 250 g/mol. The molecule has 0 atom stereocenters. The lowest BCUT2D eigenvalue weighted by molar-refractivity contribution is -0.145. The first-order valence-corrected chi connectivity index (χ1v) is 5.73. The highest BCUT2D eigenvalue weighted by atomic mass is 16.6. The number of likely N-dealkylation sites (N-methyl/N-ethyl adjacent to an activating group) is 1. The van der Waals surface area contributed by atoms with E-state index in [-0.39, 0.29) is 13.1 Å². The van der Waals surface area contributed by atoms with E-state index >= 15 is 0 Å². The third kappa shape index (κ3) is 5.50. The standard InChI is InChI=1S/C11H15BN2O4/c1-14-8-10(15)17-12(18-11(16)9-14)6-4-2-3-5-7-13/h4,6H,2-3,5,8-9H2,1H3/b6-4+. The molecule has 0 saturated carbocycles. The van der Waals surface area contributed by atoms with Crippen molar-refractivity contribution in [3.05, 3.63) is 12.1 Å². The maximum Gasteiger partial charge on any atom is 0.628 e. The SMILES string of the molecule is CN1CC(=O)OB(/C=C/CCCC#N)OC(=O)C1. The highest BCUT2D eigenvalue weighted by Crippen LogP contribution is 2.03. The van der Waals surface area contributed by atoms with Gasteiger partial charge >= 0.3 is 19.1 Å². The maximum absolute atomic E-state index is 11.4. The molecule has 0 unspecified atom stereocenters. The lowest BCUT2D eigenvalue weighted by Gasteiger charge is -2.21. The zero-order chi connectivity index (χ0) is 13.4. The third-order valence-corrected chi connectivity index (χ3v) is 2.25. The molecule has 7 heteroatoms. The number of hydrogen-bond acceptors (Lipinski definition) is 6. The van der Waals surface area contributed by atoms with E-state index in [2.05, 4.69) is 0 Å². The summed E-state index contributed by atoms with van der Waals surface area (Å²) in [5.74, 6) is 0.659. The van der Waals surface area contributed by atoms with Crippen LogP contribution in [0.4, 0.5) is 0 Å². The van der Waals surface area contributed by atoms with Gasteiger partial charge < -0.3 is 9.31 Å². The summed E-state index contributed by atoms with van der Waals surface area (Å²) in [6.07, 6.45) is 3.62.